The van der Waals surface area contributed by atoms with Crippen LogP contribution in [-0.4, -0.2) is 42.2 Å². The predicted octanol–water partition coefficient (Wildman–Crippen LogP) is 3.59. The minimum absolute atomic E-state index is 0.142. The average Bonchev–Trinajstić information content (AvgIpc) is 3.61. The Bertz CT molecular complexity index is 1200. The number of anilines is 2. The number of hydrogen-bond donors (Lipinski definition) is 2. The first-order chi connectivity index (χ1) is 17.1. The molecule has 0 bridgehead atoms. The maximum atomic E-state index is 12.3. The standard InChI is InChI=1S/C23H22N8O2S2/c32-18(9-14-3-1-7-24-12-14)26-22-30-28-20(34-22)16-5-6-17(11-16)21-29-31-23(35-21)27-19(33)10-15-4-2-8-25-13-15/h1-4,7-8,12-13,16-17H,5-6,9-11H2,(H,26,30,32)(H,27,31,33). The summed E-state index contributed by atoms with van der Waals surface area (Å²) in [6.45, 7) is 0. The van der Waals surface area contributed by atoms with Crippen molar-refractivity contribution in [2.45, 2.75) is 43.9 Å². The van der Waals surface area contributed by atoms with Crippen molar-refractivity contribution in [3.8, 4) is 0 Å². The Kier molecular flexibility index (Phi) is 7.09. The van der Waals surface area contributed by atoms with Gasteiger partial charge in [-0.3, -0.25) is 19.6 Å². The van der Waals surface area contributed by atoms with Gasteiger partial charge >= 0.3 is 0 Å². The molecule has 2 N–H and O–H groups in total. The molecule has 35 heavy (non-hydrogen) atoms. The van der Waals surface area contributed by atoms with Crippen LogP contribution in [0.4, 0.5) is 10.3 Å². The van der Waals surface area contributed by atoms with Crippen molar-refractivity contribution in [1.29, 1.82) is 0 Å². The van der Waals surface area contributed by atoms with E-state index in [9.17, 15) is 9.59 Å². The predicted molar refractivity (Wildman–Crippen MR) is 132 cm³/mol. The van der Waals surface area contributed by atoms with Crippen molar-refractivity contribution in [3.63, 3.8) is 0 Å². The van der Waals surface area contributed by atoms with E-state index in [0.29, 0.717) is 10.3 Å². The van der Waals surface area contributed by atoms with Crippen LogP contribution in [0.3, 0.4) is 0 Å². The molecule has 1 fully saturated rings. The molecule has 1 saturated carbocycles. The van der Waals surface area contributed by atoms with Crippen LogP contribution in [0.2, 0.25) is 0 Å². The van der Waals surface area contributed by atoms with Crippen LogP contribution in [0.5, 0.6) is 0 Å². The third-order valence-electron chi connectivity index (χ3n) is 5.68. The Morgan fingerprint density at radius 2 is 1.26 bits per heavy atom. The normalized spacial score (nSPS) is 17.3. The van der Waals surface area contributed by atoms with Gasteiger partial charge < -0.3 is 10.6 Å². The lowest BCUT2D eigenvalue weighted by molar-refractivity contribution is -0.116. The van der Waals surface area contributed by atoms with E-state index >= 15 is 0 Å². The molecule has 0 aromatic carbocycles. The van der Waals surface area contributed by atoms with Crippen molar-refractivity contribution >= 4 is 44.8 Å². The Balaban J connectivity index is 1.13. The number of carbonyl (C=O) groups excluding carboxylic acids is 2. The lowest BCUT2D eigenvalue weighted by atomic mass is 10.1. The summed E-state index contributed by atoms with van der Waals surface area (Å²) in [5.41, 5.74) is 1.69. The summed E-state index contributed by atoms with van der Waals surface area (Å²) in [6, 6.07) is 7.34. The lowest BCUT2D eigenvalue weighted by Gasteiger charge is -2.05. The van der Waals surface area contributed by atoms with E-state index in [1.54, 1.807) is 36.9 Å². The van der Waals surface area contributed by atoms with Gasteiger partial charge in [-0.15, -0.1) is 20.4 Å². The molecule has 4 aromatic heterocycles. The molecule has 0 saturated heterocycles. The van der Waals surface area contributed by atoms with Gasteiger partial charge in [0.05, 0.1) is 12.8 Å². The Morgan fingerprint density at radius 1 is 0.771 bits per heavy atom. The smallest absolute Gasteiger partial charge is 0.230 e. The maximum absolute atomic E-state index is 12.3. The summed E-state index contributed by atoms with van der Waals surface area (Å²) in [7, 11) is 0. The minimum atomic E-state index is -0.142. The second-order valence-electron chi connectivity index (χ2n) is 8.27. The molecule has 12 heteroatoms. The fourth-order valence-corrected chi connectivity index (χ4v) is 5.85. The van der Waals surface area contributed by atoms with Gasteiger partial charge in [0.15, 0.2) is 0 Å². The van der Waals surface area contributed by atoms with Crippen LogP contribution in [0, 0.1) is 0 Å². The molecule has 5 rings (SSSR count). The van der Waals surface area contributed by atoms with Crippen molar-refractivity contribution in [2.75, 3.05) is 10.6 Å². The zero-order valence-corrected chi connectivity index (χ0v) is 20.3. The number of pyridine rings is 2. The molecule has 4 heterocycles. The van der Waals surface area contributed by atoms with E-state index < -0.39 is 0 Å². The summed E-state index contributed by atoms with van der Waals surface area (Å²) >= 11 is 2.83. The molecule has 4 aromatic rings. The largest absolute Gasteiger partial charge is 0.300 e. The van der Waals surface area contributed by atoms with Crippen LogP contribution >= 0.6 is 22.7 Å². The Labute approximate surface area is 209 Å². The molecule has 10 nitrogen and oxygen atoms in total. The number of rotatable bonds is 8. The van der Waals surface area contributed by atoms with Crippen molar-refractivity contribution < 1.29 is 9.59 Å². The molecule has 1 aliphatic rings. The van der Waals surface area contributed by atoms with Crippen LogP contribution < -0.4 is 10.6 Å². The first-order valence-corrected chi connectivity index (χ1v) is 12.8. The molecule has 0 spiro atoms. The van der Waals surface area contributed by atoms with Crippen LogP contribution in [-0.2, 0) is 22.4 Å². The van der Waals surface area contributed by atoms with Gasteiger partial charge in [-0.25, -0.2) is 0 Å². The van der Waals surface area contributed by atoms with Crippen LogP contribution in [0.15, 0.2) is 49.1 Å². The zero-order chi connectivity index (χ0) is 24.0. The molecule has 1 aliphatic carbocycles. The number of hydrogen-bond acceptors (Lipinski definition) is 10. The van der Waals surface area contributed by atoms with E-state index in [1.165, 1.54) is 22.7 Å². The maximum Gasteiger partial charge on any atom is 0.230 e. The number of nitrogens with one attached hydrogen (secondary N) is 2. The monoisotopic (exact) mass is 506 g/mol. The number of carbonyl (C=O) groups is 2. The van der Waals surface area contributed by atoms with Crippen molar-refractivity contribution in [3.05, 3.63) is 70.2 Å². The first kappa shape index (κ1) is 23.1. The molecule has 2 amide bonds. The molecular weight excluding hydrogens is 484 g/mol. The summed E-state index contributed by atoms with van der Waals surface area (Å²) in [5.74, 6) is 0.233. The fourth-order valence-electron chi connectivity index (χ4n) is 4.03. The van der Waals surface area contributed by atoms with E-state index in [1.807, 2.05) is 12.1 Å². The fraction of sp³-hybridized carbons (Fsp3) is 0.304. The molecule has 178 valence electrons. The van der Waals surface area contributed by atoms with Crippen LogP contribution in [0.1, 0.15) is 52.2 Å². The van der Waals surface area contributed by atoms with E-state index in [4.69, 9.17) is 0 Å². The van der Waals surface area contributed by atoms with E-state index in [0.717, 1.165) is 40.4 Å². The van der Waals surface area contributed by atoms with Crippen molar-refractivity contribution in [1.82, 2.24) is 30.4 Å². The minimum Gasteiger partial charge on any atom is -0.300 e. The molecule has 2 unspecified atom stereocenters. The second kappa shape index (κ2) is 10.7. The van der Waals surface area contributed by atoms with Gasteiger partial charge in [0.2, 0.25) is 22.1 Å². The van der Waals surface area contributed by atoms with E-state index in [2.05, 4.69) is 41.0 Å². The van der Waals surface area contributed by atoms with Gasteiger partial charge in [0.25, 0.3) is 0 Å². The summed E-state index contributed by atoms with van der Waals surface area (Å²) < 4.78 is 0. The van der Waals surface area contributed by atoms with Gasteiger partial charge in [0, 0.05) is 36.6 Å². The Morgan fingerprint density at radius 3 is 1.69 bits per heavy atom. The topological polar surface area (TPSA) is 136 Å². The highest BCUT2D eigenvalue weighted by Crippen LogP contribution is 2.45. The highest BCUT2D eigenvalue weighted by Gasteiger charge is 2.32. The molecule has 2 atom stereocenters. The van der Waals surface area contributed by atoms with Gasteiger partial charge in [-0.2, -0.15) is 0 Å². The van der Waals surface area contributed by atoms with Crippen LogP contribution in [0.25, 0.3) is 0 Å². The Hall–Kier alpha value is -3.64. The summed E-state index contributed by atoms with van der Waals surface area (Å²) in [6.07, 6.45) is 10.0. The number of aromatic nitrogens is 6. The van der Waals surface area contributed by atoms with Gasteiger partial charge in [-0.1, -0.05) is 34.8 Å². The summed E-state index contributed by atoms with van der Waals surface area (Å²) in [5, 5.41) is 25.4. The first-order valence-electron chi connectivity index (χ1n) is 11.2. The average molecular weight is 507 g/mol. The summed E-state index contributed by atoms with van der Waals surface area (Å²) in [4.78, 5) is 32.6. The van der Waals surface area contributed by atoms with E-state index in [-0.39, 0.29) is 36.5 Å². The highest BCUT2D eigenvalue weighted by atomic mass is 32.1. The molecule has 0 radical (unpaired) electrons. The quantitative estimate of drug-likeness (QED) is 0.370. The third kappa shape index (κ3) is 6.08. The lowest BCUT2D eigenvalue weighted by Crippen LogP contribution is -2.14. The molecule has 0 aliphatic heterocycles. The van der Waals surface area contributed by atoms with Crippen molar-refractivity contribution in [2.24, 2.45) is 0 Å². The number of nitrogens with zero attached hydrogens (tertiary/aromatic N) is 6. The SMILES string of the molecule is O=C(Cc1cccnc1)Nc1nnc(C2CCC(c3nnc(NC(=O)Cc4cccnc4)s3)C2)s1. The highest BCUT2D eigenvalue weighted by molar-refractivity contribution is 7.15. The van der Waals surface area contributed by atoms with Gasteiger partial charge in [-0.05, 0) is 42.5 Å². The van der Waals surface area contributed by atoms with Gasteiger partial charge in [0.1, 0.15) is 10.0 Å². The second-order valence-corrected chi connectivity index (χ2v) is 10.3. The number of amides is 2. The zero-order valence-electron chi connectivity index (χ0n) is 18.6. The molecular formula is C23H22N8O2S2. The third-order valence-corrected chi connectivity index (χ3v) is 7.68.